The number of benzene rings is 2. The minimum atomic E-state index is -0.621. The molecule has 0 heterocycles. The Morgan fingerprint density at radius 2 is 1.62 bits per heavy atom. The third-order valence-electron chi connectivity index (χ3n) is 3.34. The number of hydrogen-bond donors (Lipinski definition) is 1. The molecule has 0 aromatic heterocycles. The summed E-state index contributed by atoms with van der Waals surface area (Å²) in [6.07, 6.45) is 3.09. The lowest BCUT2D eigenvalue weighted by Gasteiger charge is -2.12. The first-order valence-electron chi connectivity index (χ1n) is 6.88. The summed E-state index contributed by atoms with van der Waals surface area (Å²) in [7, 11) is 5.65. The van der Waals surface area contributed by atoms with Gasteiger partial charge in [-0.05, 0) is 35.4 Å². The van der Waals surface area contributed by atoms with Crippen molar-refractivity contribution in [3.63, 3.8) is 0 Å². The number of hydrogen-bond acceptors (Lipinski definition) is 3. The van der Waals surface area contributed by atoms with Crippen LogP contribution in [0.4, 0.5) is 5.69 Å². The van der Waals surface area contributed by atoms with E-state index in [0.717, 1.165) is 22.6 Å². The van der Waals surface area contributed by atoms with E-state index in [1.807, 2.05) is 56.6 Å². The molecule has 21 heavy (non-hydrogen) atoms. The molecule has 110 valence electrons. The smallest absolute Gasteiger partial charge is 0.118 e. The predicted molar refractivity (Wildman–Crippen MR) is 87.8 cm³/mol. The van der Waals surface area contributed by atoms with E-state index in [0.29, 0.717) is 0 Å². The summed E-state index contributed by atoms with van der Waals surface area (Å²) >= 11 is 0. The lowest BCUT2D eigenvalue weighted by Crippen LogP contribution is -2.07. The predicted octanol–water partition coefficient (Wildman–Crippen LogP) is 3.51. The molecule has 0 aliphatic rings. The fraction of sp³-hybridized carbons (Fsp3) is 0.222. The maximum Gasteiger partial charge on any atom is 0.118 e. The van der Waals surface area contributed by atoms with Crippen molar-refractivity contribution in [1.29, 1.82) is 0 Å². The van der Waals surface area contributed by atoms with Crippen molar-refractivity contribution in [2.75, 3.05) is 26.1 Å². The first-order chi connectivity index (χ1) is 10.1. The lowest BCUT2D eigenvalue weighted by molar-refractivity contribution is 0.229. The molecule has 0 amide bonds. The lowest BCUT2D eigenvalue weighted by atomic mass is 10.1. The van der Waals surface area contributed by atoms with Crippen LogP contribution in [-0.4, -0.2) is 26.3 Å². The Labute approximate surface area is 126 Å². The van der Waals surface area contributed by atoms with Gasteiger partial charge in [0, 0.05) is 19.8 Å². The maximum atomic E-state index is 10.2. The molecule has 0 aliphatic heterocycles. The van der Waals surface area contributed by atoms with Gasteiger partial charge in [-0.25, -0.2) is 0 Å². The second kappa shape index (κ2) is 6.95. The summed E-state index contributed by atoms with van der Waals surface area (Å²) in [6, 6.07) is 15.6. The van der Waals surface area contributed by atoms with Gasteiger partial charge in [-0.1, -0.05) is 36.4 Å². The molecule has 2 aromatic rings. The van der Waals surface area contributed by atoms with Crippen molar-refractivity contribution in [1.82, 2.24) is 0 Å². The molecule has 2 rings (SSSR count). The van der Waals surface area contributed by atoms with Gasteiger partial charge in [0.05, 0.1) is 13.2 Å². The van der Waals surface area contributed by atoms with Crippen molar-refractivity contribution in [3.05, 3.63) is 65.7 Å². The molecule has 0 radical (unpaired) electrons. The molecule has 0 saturated heterocycles. The molecule has 0 spiro atoms. The monoisotopic (exact) mass is 283 g/mol. The Morgan fingerprint density at radius 1 is 1.00 bits per heavy atom. The van der Waals surface area contributed by atoms with Crippen LogP contribution in [0.3, 0.4) is 0 Å². The quantitative estimate of drug-likeness (QED) is 0.911. The molecule has 3 heteroatoms. The maximum absolute atomic E-state index is 10.2. The molecule has 0 saturated carbocycles. The third kappa shape index (κ3) is 4.10. The Morgan fingerprint density at radius 3 is 2.14 bits per heavy atom. The first-order valence-corrected chi connectivity index (χ1v) is 6.88. The summed E-state index contributed by atoms with van der Waals surface area (Å²) in [6.45, 7) is 0. The SMILES string of the molecule is COc1ccc(C(O)C=Cc2ccc(N(C)C)cc2)cc1. The number of anilines is 1. The van der Waals surface area contributed by atoms with Crippen molar-refractivity contribution < 1.29 is 9.84 Å². The zero-order valence-corrected chi connectivity index (χ0v) is 12.7. The topological polar surface area (TPSA) is 32.7 Å². The Kier molecular flexibility index (Phi) is 5.01. The van der Waals surface area contributed by atoms with E-state index < -0.39 is 6.10 Å². The van der Waals surface area contributed by atoms with E-state index in [-0.39, 0.29) is 0 Å². The number of nitrogens with zero attached hydrogens (tertiary/aromatic N) is 1. The van der Waals surface area contributed by atoms with Gasteiger partial charge in [0.15, 0.2) is 0 Å². The van der Waals surface area contributed by atoms with Crippen LogP contribution >= 0.6 is 0 Å². The molecule has 0 fully saturated rings. The van der Waals surface area contributed by atoms with E-state index in [2.05, 4.69) is 17.0 Å². The summed E-state index contributed by atoms with van der Waals surface area (Å²) in [5, 5.41) is 10.2. The highest BCUT2D eigenvalue weighted by Crippen LogP contribution is 2.20. The Hall–Kier alpha value is -2.26. The number of aliphatic hydroxyl groups excluding tert-OH is 1. The third-order valence-corrected chi connectivity index (χ3v) is 3.34. The Balaban J connectivity index is 2.05. The summed E-state index contributed by atoms with van der Waals surface area (Å²) in [5.41, 5.74) is 3.06. The average molecular weight is 283 g/mol. The van der Waals surface area contributed by atoms with Crippen molar-refractivity contribution >= 4 is 11.8 Å². The largest absolute Gasteiger partial charge is 0.497 e. The van der Waals surface area contributed by atoms with Crippen molar-refractivity contribution in [3.8, 4) is 5.75 Å². The van der Waals surface area contributed by atoms with Gasteiger partial charge in [0.1, 0.15) is 5.75 Å². The Bertz CT molecular complexity index is 586. The standard InChI is InChI=1S/C18H21NO2/c1-19(2)16-9-4-14(5-10-16)6-13-18(20)15-7-11-17(21-3)12-8-15/h4-13,18,20H,1-3H3. The highest BCUT2D eigenvalue weighted by atomic mass is 16.5. The van der Waals surface area contributed by atoms with Gasteiger partial charge in [-0.2, -0.15) is 0 Å². The van der Waals surface area contributed by atoms with Gasteiger partial charge >= 0.3 is 0 Å². The number of aliphatic hydroxyl groups is 1. The van der Waals surface area contributed by atoms with Crippen LogP contribution in [0, 0.1) is 0 Å². The van der Waals surface area contributed by atoms with Crippen molar-refractivity contribution in [2.45, 2.75) is 6.10 Å². The fourth-order valence-electron chi connectivity index (χ4n) is 2.00. The molecular formula is C18H21NO2. The van der Waals surface area contributed by atoms with Crippen molar-refractivity contribution in [2.24, 2.45) is 0 Å². The second-order valence-corrected chi connectivity index (χ2v) is 5.06. The molecular weight excluding hydrogens is 262 g/mol. The average Bonchev–Trinajstić information content (AvgIpc) is 2.53. The van der Waals surface area contributed by atoms with E-state index in [1.54, 1.807) is 13.2 Å². The second-order valence-electron chi connectivity index (χ2n) is 5.06. The zero-order valence-electron chi connectivity index (χ0n) is 12.7. The van der Waals surface area contributed by atoms with E-state index >= 15 is 0 Å². The molecule has 3 nitrogen and oxygen atoms in total. The zero-order chi connectivity index (χ0) is 15.2. The summed E-state index contributed by atoms with van der Waals surface area (Å²) in [4.78, 5) is 2.06. The normalized spacial score (nSPS) is 12.4. The molecule has 0 aliphatic carbocycles. The summed E-state index contributed by atoms with van der Waals surface area (Å²) < 4.78 is 5.11. The molecule has 0 bridgehead atoms. The van der Waals surface area contributed by atoms with Gasteiger partial charge in [0.2, 0.25) is 0 Å². The van der Waals surface area contributed by atoms with Crippen LogP contribution in [0.2, 0.25) is 0 Å². The number of ether oxygens (including phenoxy) is 1. The van der Waals surface area contributed by atoms with Gasteiger partial charge < -0.3 is 14.7 Å². The van der Waals surface area contributed by atoms with Crippen LogP contribution in [0.1, 0.15) is 17.2 Å². The van der Waals surface area contributed by atoms with E-state index in [4.69, 9.17) is 4.74 Å². The molecule has 2 aromatic carbocycles. The van der Waals surface area contributed by atoms with E-state index in [1.165, 1.54) is 0 Å². The van der Waals surface area contributed by atoms with Crippen LogP contribution in [0.15, 0.2) is 54.6 Å². The molecule has 1 N–H and O–H groups in total. The van der Waals surface area contributed by atoms with Gasteiger partial charge in [0.25, 0.3) is 0 Å². The van der Waals surface area contributed by atoms with Crippen LogP contribution in [-0.2, 0) is 0 Å². The summed E-state index contributed by atoms with van der Waals surface area (Å²) in [5.74, 6) is 0.786. The van der Waals surface area contributed by atoms with Crippen LogP contribution in [0.5, 0.6) is 5.75 Å². The van der Waals surface area contributed by atoms with E-state index in [9.17, 15) is 5.11 Å². The highest BCUT2D eigenvalue weighted by molar-refractivity contribution is 5.56. The van der Waals surface area contributed by atoms with Crippen LogP contribution < -0.4 is 9.64 Å². The fourth-order valence-corrected chi connectivity index (χ4v) is 2.00. The highest BCUT2D eigenvalue weighted by Gasteiger charge is 2.03. The molecule has 1 atom stereocenters. The van der Waals surface area contributed by atoms with Crippen LogP contribution in [0.25, 0.3) is 6.08 Å². The minimum Gasteiger partial charge on any atom is -0.497 e. The van der Waals surface area contributed by atoms with Gasteiger partial charge in [-0.3, -0.25) is 0 Å². The van der Waals surface area contributed by atoms with Gasteiger partial charge in [-0.15, -0.1) is 0 Å². The molecule has 1 unspecified atom stereocenters. The number of rotatable bonds is 5. The minimum absolute atomic E-state index is 0.621. The number of methoxy groups -OCH3 is 1. The first kappa shape index (κ1) is 15.1.